The fourth-order valence-electron chi connectivity index (χ4n) is 4.54. The summed E-state index contributed by atoms with van der Waals surface area (Å²) in [4.78, 5) is 15.2. The fraction of sp³-hybridized carbons (Fsp3) is 0.583. The van der Waals surface area contributed by atoms with Gasteiger partial charge in [-0.15, -0.1) is 0 Å². The van der Waals surface area contributed by atoms with Crippen LogP contribution in [0.15, 0.2) is 18.2 Å². The van der Waals surface area contributed by atoms with E-state index >= 15 is 0 Å². The van der Waals surface area contributed by atoms with Gasteiger partial charge in [0.1, 0.15) is 17.9 Å². The minimum Gasteiger partial charge on any atom is -0.495 e. The summed E-state index contributed by atoms with van der Waals surface area (Å²) in [6, 6.07) is 6.07. The molecule has 2 atom stereocenters. The molecule has 1 saturated heterocycles. The predicted octanol–water partition coefficient (Wildman–Crippen LogP) is 4.99. The second-order valence-corrected chi connectivity index (χ2v) is 10.1. The van der Waals surface area contributed by atoms with Gasteiger partial charge in [0.15, 0.2) is 0 Å². The smallest absolute Gasteiger partial charge is 0.244 e. The van der Waals surface area contributed by atoms with Crippen molar-refractivity contribution in [2.45, 2.75) is 71.6 Å². The van der Waals surface area contributed by atoms with Gasteiger partial charge < -0.3 is 14.7 Å². The maximum Gasteiger partial charge on any atom is 0.244 e. The summed E-state index contributed by atoms with van der Waals surface area (Å²) in [6.07, 6.45) is 3.85. The Hall–Kier alpha value is -1.76. The van der Waals surface area contributed by atoms with Gasteiger partial charge in [-0.2, -0.15) is 5.10 Å². The van der Waals surface area contributed by atoms with Crippen molar-refractivity contribution in [3.8, 4) is 5.75 Å². The highest BCUT2D eigenvalue weighted by Crippen LogP contribution is 2.32. The van der Waals surface area contributed by atoms with Crippen molar-refractivity contribution in [1.82, 2.24) is 14.7 Å². The Labute approximate surface area is 200 Å². The van der Waals surface area contributed by atoms with Gasteiger partial charge in [0.25, 0.3) is 0 Å². The van der Waals surface area contributed by atoms with Crippen LogP contribution in [0.25, 0.3) is 0 Å². The number of rotatable bonds is 6. The normalized spacial score (nSPS) is 19.7. The van der Waals surface area contributed by atoms with Gasteiger partial charge in [-0.1, -0.05) is 29.3 Å². The second kappa shape index (κ2) is 10.0. The number of likely N-dealkylation sites (tertiary alicyclic amines) is 1. The van der Waals surface area contributed by atoms with E-state index < -0.39 is 5.60 Å². The first-order chi connectivity index (χ1) is 15.0. The van der Waals surface area contributed by atoms with Crippen LogP contribution in [0.5, 0.6) is 5.75 Å². The quantitative estimate of drug-likeness (QED) is 0.630. The molecule has 1 aliphatic heterocycles. The van der Waals surface area contributed by atoms with Gasteiger partial charge in [0.05, 0.1) is 28.5 Å². The van der Waals surface area contributed by atoms with Crippen LogP contribution < -0.4 is 4.74 Å². The molecule has 176 valence electrons. The van der Waals surface area contributed by atoms with Crippen LogP contribution in [0.4, 0.5) is 0 Å². The zero-order valence-electron chi connectivity index (χ0n) is 19.5. The standard InChI is InChI=1S/C24H33Cl2N3O3/c1-15-6-7-17(12-18-8-9-19(25)20(13-18)32-5)10-11-28(15)21(30)14-29-23(24(3,4)31)22(26)16(2)27-29/h8-9,13,15,17,31H,6-7,10-12,14H2,1-5H3/t15-,17?/m0/s1. The number of aliphatic hydroxyl groups is 1. The first kappa shape index (κ1) is 24.9. The zero-order valence-corrected chi connectivity index (χ0v) is 21.0. The third kappa shape index (κ3) is 5.59. The van der Waals surface area contributed by atoms with E-state index in [9.17, 15) is 9.90 Å². The van der Waals surface area contributed by atoms with Gasteiger partial charge in [0, 0.05) is 12.6 Å². The van der Waals surface area contributed by atoms with Crippen molar-refractivity contribution in [3.05, 3.63) is 45.2 Å². The molecule has 0 saturated carbocycles. The van der Waals surface area contributed by atoms with Gasteiger partial charge in [-0.3, -0.25) is 9.48 Å². The van der Waals surface area contributed by atoms with Gasteiger partial charge >= 0.3 is 0 Å². The molecule has 0 bridgehead atoms. The number of benzene rings is 1. The molecule has 0 aliphatic carbocycles. The Balaban J connectivity index is 1.69. The number of hydrogen-bond acceptors (Lipinski definition) is 4. The number of carbonyl (C=O) groups is 1. The first-order valence-electron chi connectivity index (χ1n) is 11.1. The van der Waals surface area contributed by atoms with Crippen molar-refractivity contribution < 1.29 is 14.6 Å². The van der Waals surface area contributed by atoms with Crippen molar-refractivity contribution in [1.29, 1.82) is 0 Å². The van der Waals surface area contributed by atoms with Crippen LogP contribution >= 0.6 is 23.2 Å². The van der Waals surface area contributed by atoms with E-state index in [1.165, 1.54) is 5.56 Å². The molecule has 8 heteroatoms. The average Bonchev–Trinajstić information content (AvgIpc) is 2.88. The lowest BCUT2D eigenvalue weighted by Gasteiger charge is -2.28. The van der Waals surface area contributed by atoms with E-state index in [0.29, 0.717) is 39.6 Å². The van der Waals surface area contributed by atoms with E-state index in [2.05, 4.69) is 12.0 Å². The largest absolute Gasteiger partial charge is 0.495 e. The third-order valence-electron chi connectivity index (χ3n) is 6.28. The van der Waals surface area contributed by atoms with E-state index in [4.69, 9.17) is 27.9 Å². The maximum absolute atomic E-state index is 13.2. The summed E-state index contributed by atoms with van der Waals surface area (Å²) in [5.41, 5.74) is 1.09. The highest BCUT2D eigenvalue weighted by atomic mass is 35.5. The number of methoxy groups -OCH3 is 1. The SMILES string of the molecule is COc1cc(CC2CC[C@H](C)N(C(=O)Cn3nc(C)c(Cl)c3C(C)(C)O)CC2)ccc1Cl. The van der Waals surface area contributed by atoms with Crippen LogP contribution in [0.1, 0.15) is 57.0 Å². The molecule has 2 heterocycles. The minimum atomic E-state index is -1.19. The summed E-state index contributed by atoms with van der Waals surface area (Å²) in [5.74, 6) is 1.17. The summed E-state index contributed by atoms with van der Waals surface area (Å²) < 4.78 is 6.90. The summed E-state index contributed by atoms with van der Waals surface area (Å²) in [6.45, 7) is 7.95. The Bertz CT molecular complexity index is 968. The zero-order chi connectivity index (χ0) is 23.6. The molecule has 0 spiro atoms. The Morgan fingerprint density at radius 3 is 2.66 bits per heavy atom. The van der Waals surface area contributed by atoms with Gasteiger partial charge in [-0.25, -0.2) is 0 Å². The van der Waals surface area contributed by atoms with E-state index in [1.54, 1.807) is 32.6 Å². The third-order valence-corrected chi connectivity index (χ3v) is 7.05. The minimum absolute atomic E-state index is 0.00372. The van der Waals surface area contributed by atoms with Crippen LogP contribution in [0.3, 0.4) is 0 Å². The number of amides is 1. The van der Waals surface area contributed by atoms with Crippen LogP contribution in [0, 0.1) is 12.8 Å². The molecule has 1 aromatic carbocycles. The summed E-state index contributed by atoms with van der Waals surface area (Å²) in [5, 5.41) is 16.0. The molecule has 6 nitrogen and oxygen atoms in total. The molecule has 1 aliphatic rings. The molecule has 2 aromatic rings. The molecule has 32 heavy (non-hydrogen) atoms. The van der Waals surface area contributed by atoms with E-state index in [-0.39, 0.29) is 18.5 Å². The fourth-order valence-corrected chi connectivity index (χ4v) is 5.10. The number of carbonyl (C=O) groups excluding carboxylic acids is 1. The van der Waals surface area contributed by atoms with Crippen LogP contribution in [-0.4, -0.2) is 45.4 Å². The van der Waals surface area contributed by atoms with E-state index in [0.717, 1.165) is 25.7 Å². The summed E-state index contributed by atoms with van der Waals surface area (Å²) in [7, 11) is 1.62. The lowest BCUT2D eigenvalue weighted by Crippen LogP contribution is -2.41. The number of aryl methyl sites for hydroxylation is 1. The monoisotopic (exact) mass is 481 g/mol. The average molecular weight is 482 g/mol. The number of hydrogen-bond donors (Lipinski definition) is 1. The molecule has 0 radical (unpaired) electrons. The van der Waals surface area contributed by atoms with Gasteiger partial charge in [-0.05, 0) is 77.0 Å². The van der Waals surface area contributed by atoms with Crippen molar-refractivity contribution >= 4 is 29.1 Å². The maximum atomic E-state index is 13.2. The molecule has 1 fully saturated rings. The lowest BCUT2D eigenvalue weighted by atomic mass is 9.92. The van der Waals surface area contributed by atoms with Crippen molar-refractivity contribution in [2.24, 2.45) is 5.92 Å². The van der Waals surface area contributed by atoms with Gasteiger partial charge in [0.2, 0.25) is 5.91 Å². The van der Waals surface area contributed by atoms with Crippen molar-refractivity contribution in [2.75, 3.05) is 13.7 Å². The number of halogens is 2. The topological polar surface area (TPSA) is 67.6 Å². The number of ether oxygens (including phenoxy) is 1. The van der Waals surface area contributed by atoms with Crippen molar-refractivity contribution in [3.63, 3.8) is 0 Å². The van der Waals surface area contributed by atoms with Crippen LogP contribution in [-0.2, 0) is 23.4 Å². The number of nitrogens with zero attached hydrogens (tertiary/aromatic N) is 3. The lowest BCUT2D eigenvalue weighted by molar-refractivity contribution is -0.134. The summed E-state index contributed by atoms with van der Waals surface area (Å²) >= 11 is 12.5. The first-order valence-corrected chi connectivity index (χ1v) is 11.8. The van der Waals surface area contributed by atoms with Crippen LogP contribution in [0.2, 0.25) is 10.0 Å². The Kier molecular flexibility index (Phi) is 7.79. The number of aromatic nitrogens is 2. The molecular formula is C24H33Cl2N3O3. The highest BCUT2D eigenvalue weighted by Gasteiger charge is 2.31. The molecule has 3 rings (SSSR count). The Morgan fingerprint density at radius 2 is 2.00 bits per heavy atom. The molecule has 1 N–H and O–H groups in total. The molecule has 1 unspecified atom stereocenters. The predicted molar refractivity (Wildman–Crippen MR) is 127 cm³/mol. The second-order valence-electron chi connectivity index (χ2n) is 9.31. The molecular weight excluding hydrogens is 449 g/mol. The molecule has 1 amide bonds. The Morgan fingerprint density at radius 1 is 1.28 bits per heavy atom. The highest BCUT2D eigenvalue weighted by molar-refractivity contribution is 6.32. The molecule has 1 aromatic heterocycles. The van der Waals surface area contributed by atoms with E-state index in [1.807, 2.05) is 23.1 Å².